The molecular formula is C26H32IN5O3S. The minimum Gasteiger partial charge on any atom is -0.507 e. The highest BCUT2D eigenvalue weighted by atomic mass is 127. The maximum absolute atomic E-state index is 11.9. The van der Waals surface area contributed by atoms with Crippen LogP contribution in [0.2, 0.25) is 0 Å². The molecule has 0 amide bonds. The van der Waals surface area contributed by atoms with Crippen LogP contribution in [0.15, 0.2) is 53.6 Å². The number of hydrogen-bond donors (Lipinski definition) is 3. The van der Waals surface area contributed by atoms with Crippen molar-refractivity contribution in [1.29, 1.82) is 0 Å². The van der Waals surface area contributed by atoms with E-state index in [0.29, 0.717) is 31.0 Å². The van der Waals surface area contributed by atoms with Gasteiger partial charge in [0.25, 0.3) is 0 Å². The lowest BCUT2D eigenvalue weighted by molar-refractivity contribution is 0.139. The van der Waals surface area contributed by atoms with Crippen molar-refractivity contribution in [3.05, 3.63) is 63.4 Å². The number of aromatic nitrogens is 2. The summed E-state index contributed by atoms with van der Waals surface area (Å²) in [5, 5.41) is 16.6. The maximum Gasteiger partial charge on any atom is 0.223 e. The highest BCUT2D eigenvalue weighted by molar-refractivity contribution is 14.1. The van der Waals surface area contributed by atoms with Crippen molar-refractivity contribution in [1.82, 2.24) is 20.2 Å². The van der Waals surface area contributed by atoms with E-state index in [9.17, 15) is 13.5 Å². The minimum absolute atomic E-state index is 0.0580. The molecule has 36 heavy (non-hydrogen) atoms. The van der Waals surface area contributed by atoms with E-state index in [0.717, 1.165) is 46.3 Å². The molecule has 1 saturated heterocycles. The molecule has 0 saturated carbocycles. The number of piperazine rings is 1. The van der Waals surface area contributed by atoms with Gasteiger partial charge in [-0.05, 0) is 84.3 Å². The van der Waals surface area contributed by atoms with Crippen LogP contribution in [0.5, 0.6) is 5.75 Å². The molecule has 0 aliphatic carbocycles. The van der Waals surface area contributed by atoms with Gasteiger partial charge in [-0.15, -0.1) is 0 Å². The Kier molecular flexibility index (Phi) is 8.48. The molecule has 0 bridgehead atoms. The van der Waals surface area contributed by atoms with Gasteiger partial charge in [0.2, 0.25) is 5.95 Å². The van der Waals surface area contributed by atoms with Crippen LogP contribution in [0.4, 0.5) is 5.95 Å². The maximum atomic E-state index is 11.9. The number of rotatable bonds is 8. The predicted molar refractivity (Wildman–Crippen MR) is 151 cm³/mol. The first-order chi connectivity index (χ1) is 17.1. The average molecular weight is 622 g/mol. The van der Waals surface area contributed by atoms with E-state index in [1.165, 1.54) is 17.7 Å². The van der Waals surface area contributed by atoms with Crippen molar-refractivity contribution in [2.24, 2.45) is 0 Å². The molecule has 2 aromatic carbocycles. The molecule has 3 aromatic rings. The third-order valence-electron chi connectivity index (χ3n) is 6.36. The van der Waals surface area contributed by atoms with Crippen molar-refractivity contribution < 1.29 is 13.5 Å². The van der Waals surface area contributed by atoms with E-state index in [-0.39, 0.29) is 10.6 Å². The molecule has 1 aliphatic heterocycles. The first-order valence-corrected chi connectivity index (χ1v) is 14.9. The fourth-order valence-corrected chi connectivity index (χ4v) is 5.77. The average Bonchev–Trinajstić information content (AvgIpc) is 2.83. The molecule has 1 aromatic heterocycles. The van der Waals surface area contributed by atoms with Crippen molar-refractivity contribution >= 4 is 38.4 Å². The number of nitrogens with zero attached hydrogens (tertiary/aromatic N) is 3. The monoisotopic (exact) mass is 621 g/mol. The Bertz CT molecular complexity index is 1330. The van der Waals surface area contributed by atoms with Gasteiger partial charge in [-0.1, -0.05) is 12.1 Å². The van der Waals surface area contributed by atoms with Crippen LogP contribution in [0, 0.1) is 3.57 Å². The molecule has 1 fully saturated rings. The summed E-state index contributed by atoms with van der Waals surface area (Å²) in [4.78, 5) is 11.5. The summed E-state index contributed by atoms with van der Waals surface area (Å²) in [5.41, 5.74) is 3.99. The number of phenolic OH excluding ortho intramolecular Hbond substituents is 1. The van der Waals surface area contributed by atoms with Crippen LogP contribution in [0.3, 0.4) is 0 Å². The number of halogens is 1. The van der Waals surface area contributed by atoms with Gasteiger partial charge in [-0.3, -0.25) is 4.90 Å². The van der Waals surface area contributed by atoms with Gasteiger partial charge in [-0.2, -0.15) is 0 Å². The smallest absolute Gasteiger partial charge is 0.223 e. The Morgan fingerprint density at radius 3 is 2.72 bits per heavy atom. The van der Waals surface area contributed by atoms with E-state index in [2.05, 4.69) is 75.2 Å². The topological polar surface area (TPSA) is 107 Å². The molecule has 2 atom stereocenters. The van der Waals surface area contributed by atoms with E-state index in [4.69, 9.17) is 4.98 Å². The standard InChI is InChI=1S/C26H32IN5O3S/c1-17-15-32(18(2)14-30-17)16-20-4-6-22(27)21(12-20)23-9-11-29-26(31-23)28-10-8-19-5-7-24(33)25(13-19)36(3,34)35/h4-7,9,11-13,17-18,30,33H,8,10,14-16H2,1-3H3,(H,28,29,31)/t17-,18-/m0/s1. The lowest BCUT2D eigenvalue weighted by atomic mass is 10.1. The summed E-state index contributed by atoms with van der Waals surface area (Å²) in [6.45, 7) is 7.92. The summed E-state index contributed by atoms with van der Waals surface area (Å²) in [7, 11) is -3.49. The van der Waals surface area contributed by atoms with Gasteiger partial charge < -0.3 is 15.7 Å². The number of phenols is 1. The van der Waals surface area contributed by atoms with Gasteiger partial charge >= 0.3 is 0 Å². The van der Waals surface area contributed by atoms with Gasteiger partial charge in [-0.25, -0.2) is 18.4 Å². The van der Waals surface area contributed by atoms with Gasteiger partial charge in [0.15, 0.2) is 9.84 Å². The highest BCUT2D eigenvalue weighted by Crippen LogP contribution is 2.27. The SMILES string of the molecule is C[C@H]1CN(Cc2ccc(I)c(-c3ccnc(NCCc4ccc(O)c(S(C)(=O)=O)c4)n3)c2)[C@@H](C)CN1. The van der Waals surface area contributed by atoms with E-state index < -0.39 is 9.84 Å². The second-order valence-electron chi connectivity index (χ2n) is 9.42. The zero-order chi connectivity index (χ0) is 25.9. The molecule has 3 N–H and O–H groups in total. The normalized spacial score (nSPS) is 18.8. The third-order valence-corrected chi connectivity index (χ3v) is 8.43. The number of hydrogen-bond acceptors (Lipinski definition) is 8. The summed E-state index contributed by atoms with van der Waals surface area (Å²) in [5.74, 6) is 0.281. The van der Waals surface area contributed by atoms with Crippen molar-refractivity contribution in [3.8, 4) is 17.0 Å². The van der Waals surface area contributed by atoms with Crippen molar-refractivity contribution in [2.45, 2.75) is 43.8 Å². The van der Waals surface area contributed by atoms with Gasteiger partial charge in [0.05, 0.1) is 5.69 Å². The number of benzene rings is 2. The molecular weight excluding hydrogens is 589 g/mol. The first-order valence-electron chi connectivity index (χ1n) is 12.0. The third kappa shape index (κ3) is 6.72. The minimum atomic E-state index is -3.49. The van der Waals surface area contributed by atoms with Crippen LogP contribution >= 0.6 is 22.6 Å². The summed E-state index contributed by atoms with van der Waals surface area (Å²) in [6, 6.07) is 14.1. The molecule has 0 radical (unpaired) electrons. The molecule has 8 nitrogen and oxygen atoms in total. The number of nitrogens with one attached hydrogen (secondary N) is 2. The number of sulfone groups is 1. The van der Waals surface area contributed by atoms with Crippen molar-refractivity contribution in [2.75, 3.05) is 31.2 Å². The largest absolute Gasteiger partial charge is 0.507 e. The second kappa shape index (κ2) is 11.4. The Morgan fingerprint density at radius 1 is 1.17 bits per heavy atom. The molecule has 2 heterocycles. The molecule has 0 unspecified atom stereocenters. The Labute approximate surface area is 226 Å². The van der Waals surface area contributed by atoms with Gasteiger partial charge in [0.1, 0.15) is 10.6 Å². The lowest BCUT2D eigenvalue weighted by Crippen LogP contribution is -2.53. The quantitative estimate of drug-likeness (QED) is 0.327. The fraction of sp³-hybridized carbons (Fsp3) is 0.385. The number of anilines is 1. The first kappa shape index (κ1) is 26.8. The predicted octanol–water partition coefficient (Wildman–Crippen LogP) is 3.69. The molecule has 4 rings (SSSR count). The highest BCUT2D eigenvalue weighted by Gasteiger charge is 2.22. The van der Waals surface area contributed by atoms with E-state index >= 15 is 0 Å². The summed E-state index contributed by atoms with van der Waals surface area (Å²) in [6.07, 6.45) is 3.39. The van der Waals surface area contributed by atoms with Crippen LogP contribution < -0.4 is 10.6 Å². The van der Waals surface area contributed by atoms with Gasteiger partial charge in [0, 0.05) is 59.8 Å². The Hall–Kier alpha value is -2.28. The van der Waals surface area contributed by atoms with E-state index in [1.807, 2.05) is 6.07 Å². The van der Waals surface area contributed by atoms with Crippen LogP contribution in [0.1, 0.15) is 25.0 Å². The zero-order valence-corrected chi connectivity index (χ0v) is 23.7. The molecule has 1 aliphatic rings. The molecule has 10 heteroatoms. The van der Waals surface area contributed by atoms with Crippen LogP contribution in [-0.4, -0.2) is 66.4 Å². The fourth-order valence-electron chi connectivity index (χ4n) is 4.34. The molecule has 0 spiro atoms. The summed E-state index contributed by atoms with van der Waals surface area (Å²) < 4.78 is 24.9. The molecule has 192 valence electrons. The Balaban J connectivity index is 1.45. The lowest BCUT2D eigenvalue weighted by Gasteiger charge is -2.37. The second-order valence-corrected chi connectivity index (χ2v) is 12.6. The summed E-state index contributed by atoms with van der Waals surface area (Å²) >= 11 is 2.34. The van der Waals surface area contributed by atoms with Crippen molar-refractivity contribution in [3.63, 3.8) is 0 Å². The van der Waals surface area contributed by atoms with Crippen LogP contribution in [0.25, 0.3) is 11.3 Å². The van der Waals surface area contributed by atoms with E-state index in [1.54, 1.807) is 12.3 Å². The Morgan fingerprint density at radius 2 is 1.94 bits per heavy atom. The number of aromatic hydroxyl groups is 1. The zero-order valence-electron chi connectivity index (χ0n) is 20.7. The van der Waals surface area contributed by atoms with Crippen LogP contribution in [-0.2, 0) is 22.8 Å².